The molecule has 7 nitrogen and oxygen atoms in total. The second-order valence-corrected chi connectivity index (χ2v) is 12.0. The van der Waals surface area contributed by atoms with Gasteiger partial charge in [-0.3, -0.25) is 19.3 Å². The molecule has 4 aliphatic rings. The lowest BCUT2D eigenvalue weighted by Crippen LogP contribution is -2.58. The summed E-state index contributed by atoms with van der Waals surface area (Å²) < 4.78 is 6.60. The van der Waals surface area contributed by atoms with Crippen LogP contribution < -0.4 is 15.5 Å². The first-order valence-corrected chi connectivity index (χ1v) is 12.9. The minimum Gasteiger partial charge on any atom is -0.356 e. The van der Waals surface area contributed by atoms with E-state index in [4.69, 9.17) is 4.74 Å². The van der Waals surface area contributed by atoms with Crippen LogP contribution in [0.1, 0.15) is 60.3 Å². The Labute approximate surface area is 207 Å². The number of hydrogen-bond acceptors (Lipinski definition) is 4. The number of amides is 3. The third-order valence-electron chi connectivity index (χ3n) is 8.20. The van der Waals surface area contributed by atoms with Crippen molar-refractivity contribution in [1.29, 1.82) is 0 Å². The summed E-state index contributed by atoms with van der Waals surface area (Å²) in [5, 5.41) is 6.32. The summed E-state index contributed by atoms with van der Waals surface area (Å²) in [5.41, 5.74) is -2.00. The van der Waals surface area contributed by atoms with Crippen LogP contribution in [0.4, 0.5) is 5.69 Å². The first kappa shape index (κ1) is 24.0. The van der Waals surface area contributed by atoms with Gasteiger partial charge in [-0.2, -0.15) is 0 Å². The molecule has 0 aromatic heterocycles. The Morgan fingerprint density at radius 1 is 1.06 bits per heavy atom. The van der Waals surface area contributed by atoms with E-state index < -0.39 is 34.6 Å². The summed E-state index contributed by atoms with van der Waals surface area (Å²) in [4.78, 5) is 43.2. The number of carbonyl (C=O) groups excluding carboxylic acids is 3. The van der Waals surface area contributed by atoms with Gasteiger partial charge < -0.3 is 15.4 Å². The molecule has 3 amide bonds. The first-order chi connectivity index (χ1) is 16.5. The van der Waals surface area contributed by atoms with Gasteiger partial charge in [-0.1, -0.05) is 50.1 Å². The zero-order valence-corrected chi connectivity index (χ0v) is 21.3. The van der Waals surface area contributed by atoms with E-state index in [1.54, 1.807) is 4.90 Å². The summed E-state index contributed by atoms with van der Waals surface area (Å²) in [6, 6.07) is 8.39. The summed E-state index contributed by atoms with van der Waals surface area (Å²) in [6.07, 6.45) is 8.06. The lowest BCUT2D eigenvalue weighted by Gasteiger charge is -2.35. The number of para-hydroxylation sites is 1. The molecule has 3 aliphatic heterocycles. The van der Waals surface area contributed by atoms with Gasteiger partial charge in [-0.05, 0) is 58.6 Å². The Kier molecular flexibility index (Phi) is 5.62. The van der Waals surface area contributed by atoms with Crippen LogP contribution in [0, 0.1) is 17.8 Å². The molecule has 2 N–H and O–H groups in total. The third kappa shape index (κ3) is 3.79. The van der Waals surface area contributed by atoms with Crippen molar-refractivity contribution in [2.24, 2.45) is 17.8 Å². The largest absolute Gasteiger partial charge is 0.356 e. The number of ether oxygens (including phenoxy) is 1. The number of nitrogens with zero attached hydrogens (tertiary/aromatic N) is 1. The van der Waals surface area contributed by atoms with Gasteiger partial charge in [0.05, 0.1) is 17.4 Å². The Balaban J connectivity index is 1.54. The first-order valence-electron chi connectivity index (χ1n) is 12.9. The monoisotopic (exact) mass is 479 g/mol. The number of rotatable bonds is 4. The molecule has 1 saturated carbocycles. The van der Waals surface area contributed by atoms with E-state index in [0.717, 1.165) is 19.3 Å². The van der Waals surface area contributed by atoms with Crippen molar-refractivity contribution in [3.8, 4) is 0 Å². The molecule has 0 radical (unpaired) electrons. The second kappa shape index (κ2) is 8.19. The summed E-state index contributed by atoms with van der Waals surface area (Å²) in [6.45, 7) is 9.78. The standard InChI is InChI=1S/C28H37N3O4/c1-17-11-9-10-14-19(17)29-23(32)20-21-25(34)31(18-12-7-6-8-13-18)22(24(33)30-26(2,3)4)28(21)16-15-27(20,5)35-28/h6-8,12-13,15-17,19-22H,9-11,14H2,1-5H3,(H,29,32)(H,30,33)/t17-,19+,20-,21+,22+,27-,28+/m0/s1. The van der Waals surface area contributed by atoms with E-state index in [2.05, 4.69) is 17.6 Å². The van der Waals surface area contributed by atoms with Gasteiger partial charge >= 0.3 is 0 Å². The highest BCUT2D eigenvalue weighted by atomic mass is 16.5. The molecular weight excluding hydrogens is 442 g/mol. The fourth-order valence-electron chi connectivity index (χ4n) is 6.64. The lowest BCUT2D eigenvalue weighted by atomic mass is 9.70. The van der Waals surface area contributed by atoms with E-state index in [1.165, 1.54) is 6.42 Å². The van der Waals surface area contributed by atoms with Crippen molar-refractivity contribution in [3.63, 3.8) is 0 Å². The molecule has 7 atom stereocenters. The highest BCUT2D eigenvalue weighted by molar-refractivity contribution is 6.10. The number of anilines is 1. The molecule has 3 heterocycles. The smallest absolute Gasteiger partial charge is 0.246 e. The van der Waals surface area contributed by atoms with Crippen LogP contribution in [-0.4, -0.2) is 46.5 Å². The summed E-state index contributed by atoms with van der Waals surface area (Å²) >= 11 is 0. The van der Waals surface area contributed by atoms with Gasteiger partial charge in [0, 0.05) is 17.3 Å². The van der Waals surface area contributed by atoms with Crippen molar-refractivity contribution < 1.29 is 19.1 Å². The molecule has 5 rings (SSSR count). The highest BCUT2D eigenvalue weighted by Gasteiger charge is 2.76. The lowest BCUT2D eigenvalue weighted by molar-refractivity contribution is -0.135. The molecule has 1 aliphatic carbocycles. The van der Waals surface area contributed by atoms with Crippen LogP contribution in [0.3, 0.4) is 0 Å². The average molecular weight is 480 g/mol. The third-order valence-corrected chi connectivity index (χ3v) is 8.20. The van der Waals surface area contributed by atoms with Crippen LogP contribution in [0.2, 0.25) is 0 Å². The van der Waals surface area contributed by atoms with Crippen LogP contribution in [0.5, 0.6) is 0 Å². The maximum Gasteiger partial charge on any atom is 0.246 e. The number of hydrogen-bond donors (Lipinski definition) is 2. The van der Waals surface area contributed by atoms with E-state index in [9.17, 15) is 14.4 Å². The van der Waals surface area contributed by atoms with Crippen molar-refractivity contribution in [2.75, 3.05) is 4.90 Å². The van der Waals surface area contributed by atoms with E-state index >= 15 is 0 Å². The molecule has 2 bridgehead atoms. The Morgan fingerprint density at radius 3 is 2.40 bits per heavy atom. The fraction of sp³-hybridized carbons (Fsp3) is 0.607. The van der Waals surface area contributed by atoms with Crippen LogP contribution in [0.25, 0.3) is 0 Å². The average Bonchev–Trinajstić information content (AvgIpc) is 3.35. The van der Waals surface area contributed by atoms with Gasteiger partial charge in [-0.25, -0.2) is 0 Å². The van der Waals surface area contributed by atoms with E-state index in [-0.39, 0.29) is 23.8 Å². The van der Waals surface area contributed by atoms with Crippen molar-refractivity contribution in [2.45, 2.75) is 89.1 Å². The molecular formula is C28H37N3O4. The fourth-order valence-corrected chi connectivity index (χ4v) is 6.64. The van der Waals surface area contributed by atoms with Gasteiger partial charge in [0.25, 0.3) is 0 Å². The molecule has 35 heavy (non-hydrogen) atoms. The van der Waals surface area contributed by atoms with Gasteiger partial charge in [0.1, 0.15) is 11.6 Å². The van der Waals surface area contributed by atoms with E-state index in [1.807, 2.05) is 70.2 Å². The summed E-state index contributed by atoms with van der Waals surface area (Å²) in [5.74, 6) is -1.75. The Hall–Kier alpha value is -2.67. The molecule has 2 saturated heterocycles. The molecule has 1 spiro atoms. The number of benzene rings is 1. The van der Waals surface area contributed by atoms with Crippen LogP contribution in [0.15, 0.2) is 42.5 Å². The van der Waals surface area contributed by atoms with Crippen molar-refractivity contribution in [3.05, 3.63) is 42.5 Å². The predicted molar refractivity (Wildman–Crippen MR) is 134 cm³/mol. The number of carbonyl (C=O) groups is 3. The zero-order valence-electron chi connectivity index (χ0n) is 21.3. The Bertz CT molecular complexity index is 1060. The molecule has 0 unspecified atom stereocenters. The van der Waals surface area contributed by atoms with E-state index in [0.29, 0.717) is 11.6 Å². The Morgan fingerprint density at radius 2 is 1.74 bits per heavy atom. The maximum absolute atomic E-state index is 14.1. The van der Waals surface area contributed by atoms with Gasteiger partial charge in [-0.15, -0.1) is 0 Å². The maximum atomic E-state index is 14.1. The predicted octanol–water partition coefficient (Wildman–Crippen LogP) is 3.34. The number of nitrogens with one attached hydrogen (secondary N) is 2. The zero-order chi connectivity index (χ0) is 25.2. The molecule has 7 heteroatoms. The molecule has 3 fully saturated rings. The van der Waals surface area contributed by atoms with Crippen molar-refractivity contribution in [1.82, 2.24) is 10.6 Å². The van der Waals surface area contributed by atoms with Crippen LogP contribution >= 0.6 is 0 Å². The normalized spacial score (nSPS) is 37.9. The van der Waals surface area contributed by atoms with Crippen molar-refractivity contribution >= 4 is 23.4 Å². The second-order valence-electron chi connectivity index (χ2n) is 12.0. The quantitative estimate of drug-likeness (QED) is 0.649. The topological polar surface area (TPSA) is 87.7 Å². The minimum absolute atomic E-state index is 0.0978. The molecule has 1 aromatic rings. The molecule has 1 aromatic carbocycles. The SMILES string of the molecule is C[C@H]1CCCC[C@H]1NC(=O)[C@@H]1[C@@H]2C(=O)N(c3ccccc3)[C@H](C(=O)NC(C)(C)C)[C@@]23C=C[C@]1(C)O3. The minimum atomic E-state index is -1.20. The highest BCUT2D eigenvalue weighted by Crippen LogP contribution is 2.60. The summed E-state index contributed by atoms with van der Waals surface area (Å²) in [7, 11) is 0. The van der Waals surface area contributed by atoms with Gasteiger partial charge in [0.2, 0.25) is 17.7 Å². The molecule has 188 valence electrons. The number of fused-ring (bicyclic) bond motifs is 1. The van der Waals surface area contributed by atoms with Crippen LogP contribution in [-0.2, 0) is 19.1 Å². The van der Waals surface area contributed by atoms with Gasteiger partial charge in [0.15, 0.2) is 0 Å².